The maximum Gasteiger partial charge on any atom is 0.344 e. The number of hydrogen-bond donors (Lipinski definition) is 0. The number of carbonyl (C=O) groups is 4. The van der Waals surface area contributed by atoms with Gasteiger partial charge < -0.3 is 18.9 Å². The molecule has 14 heteroatoms. The van der Waals surface area contributed by atoms with Gasteiger partial charge >= 0.3 is 23.9 Å². The van der Waals surface area contributed by atoms with Crippen LogP contribution in [0.15, 0.2) is 73.1 Å². The number of halogens is 4. The zero-order valence-corrected chi connectivity index (χ0v) is 30.0. The lowest BCUT2D eigenvalue weighted by atomic mass is 9.89. The van der Waals surface area contributed by atoms with E-state index in [2.05, 4.69) is 9.97 Å². The van der Waals surface area contributed by atoms with Crippen molar-refractivity contribution in [3.05, 3.63) is 115 Å². The minimum absolute atomic E-state index is 0.000480. The monoisotopic (exact) mass is 774 g/mol. The maximum atomic E-state index is 13.8. The van der Waals surface area contributed by atoms with Crippen LogP contribution in [0, 0.1) is 0 Å². The Morgan fingerprint density at radius 1 is 0.519 bits per heavy atom. The van der Waals surface area contributed by atoms with Crippen molar-refractivity contribution in [1.29, 1.82) is 0 Å². The van der Waals surface area contributed by atoms with E-state index in [1.54, 1.807) is 26.0 Å². The molecule has 0 unspecified atom stereocenters. The Hall–Kier alpha value is -5.26. The first-order valence-corrected chi connectivity index (χ1v) is 17.1. The number of carbonyl (C=O) groups excluding carboxylic acids is 4. The van der Waals surface area contributed by atoms with E-state index in [1.807, 2.05) is 0 Å². The Balaban J connectivity index is 1.52. The summed E-state index contributed by atoms with van der Waals surface area (Å²) in [6.45, 7) is 3.42. The van der Waals surface area contributed by atoms with Crippen molar-refractivity contribution >= 4 is 114 Å². The van der Waals surface area contributed by atoms with Crippen LogP contribution in [0.5, 0.6) is 11.5 Å². The van der Waals surface area contributed by atoms with Crippen molar-refractivity contribution in [2.45, 2.75) is 13.8 Å². The van der Waals surface area contributed by atoms with E-state index in [-0.39, 0.29) is 67.8 Å². The molecule has 0 saturated heterocycles. The quantitative estimate of drug-likeness (QED) is 0.0636. The number of benzene rings is 5. The van der Waals surface area contributed by atoms with Crippen LogP contribution in [0.1, 0.15) is 55.3 Å². The zero-order chi connectivity index (χ0) is 36.8. The van der Waals surface area contributed by atoms with Gasteiger partial charge in [-0.1, -0.05) is 58.5 Å². The number of rotatable bonds is 8. The second-order valence-corrected chi connectivity index (χ2v) is 12.9. The van der Waals surface area contributed by atoms with E-state index in [1.165, 1.54) is 60.9 Å². The normalized spacial score (nSPS) is 11.3. The van der Waals surface area contributed by atoms with E-state index in [0.717, 1.165) is 0 Å². The molecule has 10 nitrogen and oxygen atoms in total. The third-order valence-corrected chi connectivity index (χ3v) is 9.26. The lowest BCUT2D eigenvalue weighted by molar-refractivity contribution is 0.0518. The van der Waals surface area contributed by atoms with Crippen LogP contribution in [0.25, 0.3) is 43.4 Å². The summed E-state index contributed by atoms with van der Waals surface area (Å²) in [7, 11) is 0. The highest BCUT2D eigenvalue weighted by molar-refractivity contribution is 6.38. The number of esters is 4. The van der Waals surface area contributed by atoms with Crippen molar-refractivity contribution in [3.8, 4) is 11.5 Å². The number of nitrogens with zero attached hydrogens (tertiary/aromatic N) is 2. The first kappa shape index (κ1) is 35.2. The summed E-state index contributed by atoms with van der Waals surface area (Å²) in [5.41, 5.74) is 0.689. The molecule has 0 radical (unpaired) electrons. The fraction of sp³-hybridized carbons (Fsp3) is 0.105. The lowest BCUT2D eigenvalue weighted by Gasteiger charge is -2.19. The minimum Gasteiger partial charge on any atom is -0.462 e. The summed E-state index contributed by atoms with van der Waals surface area (Å²) in [6, 6.07) is 15.0. The molecule has 7 rings (SSSR count). The summed E-state index contributed by atoms with van der Waals surface area (Å²) < 4.78 is 22.1. The third-order valence-electron chi connectivity index (χ3n) is 8.20. The highest BCUT2D eigenvalue weighted by Gasteiger charge is 2.29. The number of pyridine rings is 2. The van der Waals surface area contributed by atoms with Gasteiger partial charge in [0.15, 0.2) is 0 Å². The number of ether oxygens (including phenoxy) is 4. The van der Waals surface area contributed by atoms with Gasteiger partial charge in [-0.15, -0.1) is 0 Å². The molecule has 0 N–H and O–H groups in total. The summed E-state index contributed by atoms with van der Waals surface area (Å²) in [6.07, 6.45) is 2.60. The largest absolute Gasteiger partial charge is 0.462 e. The van der Waals surface area contributed by atoms with Crippen molar-refractivity contribution in [1.82, 2.24) is 9.97 Å². The Kier molecular flexibility index (Phi) is 9.50. The molecule has 52 heavy (non-hydrogen) atoms. The Morgan fingerprint density at radius 3 is 1.29 bits per heavy atom. The smallest absolute Gasteiger partial charge is 0.344 e. The standard InChI is InChI=1S/C38H22Cl4N2O8/c1-3-49-35(45)23-15-43-33-20-8-10-22(38(48)52-28-12-6-18(40)14-26(28)42)30-24(36(46)50-4-2)16-44-34(32(20)30)19-7-9-21(29(23)31(19)33)37(47)51-27-11-5-17(39)13-25(27)41/h5-16H,3-4H2,1-2H3. The molecule has 5 aromatic carbocycles. The van der Waals surface area contributed by atoms with Crippen LogP contribution in [0.4, 0.5) is 0 Å². The average molecular weight is 776 g/mol. The maximum absolute atomic E-state index is 13.8. The SMILES string of the molecule is CCOC(=O)c1cnc2c3ccc(C(=O)Oc4ccc(Cl)cc4Cl)c4c(C(=O)OCC)cnc(c5ccc(C(=O)Oc6ccc(Cl)cc6Cl)c1c52)c43. The van der Waals surface area contributed by atoms with Crippen molar-refractivity contribution in [2.75, 3.05) is 13.2 Å². The molecule has 0 spiro atoms. The van der Waals surface area contributed by atoms with Gasteiger partial charge in [-0.25, -0.2) is 19.2 Å². The van der Waals surface area contributed by atoms with E-state index in [9.17, 15) is 19.2 Å². The molecule has 2 aromatic heterocycles. The van der Waals surface area contributed by atoms with Crippen LogP contribution in [0.2, 0.25) is 20.1 Å². The van der Waals surface area contributed by atoms with Crippen LogP contribution >= 0.6 is 46.4 Å². The van der Waals surface area contributed by atoms with Gasteiger partial charge in [-0.05, 0) is 62.4 Å². The average Bonchev–Trinajstić information content (AvgIpc) is 3.12. The van der Waals surface area contributed by atoms with Gasteiger partial charge in [0.2, 0.25) is 0 Å². The zero-order valence-electron chi connectivity index (χ0n) is 27.0. The predicted octanol–water partition coefficient (Wildman–Crippen LogP) is 9.93. The number of aromatic nitrogens is 2. The fourth-order valence-electron chi connectivity index (χ4n) is 6.07. The van der Waals surface area contributed by atoms with Gasteiger partial charge in [0, 0.05) is 54.8 Å². The van der Waals surface area contributed by atoms with Crippen LogP contribution in [-0.4, -0.2) is 47.1 Å². The molecule has 0 aliphatic carbocycles. The summed E-state index contributed by atoms with van der Waals surface area (Å²) >= 11 is 24.7. The Labute approximate surface area is 314 Å². The van der Waals surface area contributed by atoms with E-state index in [0.29, 0.717) is 42.6 Å². The molecule has 0 fully saturated rings. The molecule has 0 amide bonds. The minimum atomic E-state index is -0.820. The molecule has 0 atom stereocenters. The molecule has 0 aliphatic heterocycles. The molecular formula is C38H22Cl4N2O8. The Bertz CT molecular complexity index is 2450. The summed E-state index contributed by atoms with van der Waals surface area (Å²) in [5, 5.41) is 2.94. The fourth-order valence-corrected chi connectivity index (χ4v) is 6.96. The molecular weight excluding hydrogens is 754 g/mol. The lowest BCUT2D eigenvalue weighted by Crippen LogP contribution is -2.15. The molecule has 0 aliphatic rings. The van der Waals surface area contributed by atoms with Gasteiger partial charge in [0.1, 0.15) is 11.5 Å². The number of hydrogen-bond acceptors (Lipinski definition) is 10. The van der Waals surface area contributed by atoms with E-state index in [4.69, 9.17) is 65.4 Å². The first-order valence-electron chi connectivity index (χ1n) is 15.6. The van der Waals surface area contributed by atoms with Crippen LogP contribution in [0.3, 0.4) is 0 Å². The molecule has 260 valence electrons. The predicted molar refractivity (Wildman–Crippen MR) is 198 cm³/mol. The third kappa shape index (κ3) is 6.07. The highest BCUT2D eigenvalue weighted by atomic mass is 35.5. The van der Waals surface area contributed by atoms with Crippen LogP contribution < -0.4 is 9.47 Å². The molecule has 0 bridgehead atoms. The Morgan fingerprint density at radius 2 is 0.923 bits per heavy atom. The highest BCUT2D eigenvalue weighted by Crippen LogP contribution is 2.43. The van der Waals surface area contributed by atoms with Gasteiger partial charge in [-0.2, -0.15) is 0 Å². The first-order chi connectivity index (χ1) is 25.0. The molecule has 0 saturated carbocycles. The van der Waals surface area contributed by atoms with E-state index >= 15 is 0 Å². The van der Waals surface area contributed by atoms with Crippen molar-refractivity contribution in [2.24, 2.45) is 0 Å². The summed E-state index contributed by atoms with van der Waals surface area (Å²) in [4.78, 5) is 63.7. The second kappa shape index (κ2) is 14.0. The van der Waals surface area contributed by atoms with Gasteiger partial charge in [0.25, 0.3) is 0 Å². The summed E-state index contributed by atoms with van der Waals surface area (Å²) in [5.74, 6) is -2.99. The topological polar surface area (TPSA) is 131 Å². The van der Waals surface area contributed by atoms with Gasteiger partial charge in [0.05, 0.1) is 56.5 Å². The molecule has 7 aromatic rings. The van der Waals surface area contributed by atoms with Crippen molar-refractivity contribution in [3.63, 3.8) is 0 Å². The van der Waals surface area contributed by atoms with E-state index < -0.39 is 23.9 Å². The van der Waals surface area contributed by atoms with Crippen LogP contribution in [-0.2, 0) is 9.47 Å². The van der Waals surface area contributed by atoms with Crippen molar-refractivity contribution < 1.29 is 38.1 Å². The van der Waals surface area contributed by atoms with Gasteiger partial charge in [-0.3, -0.25) is 9.97 Å². The molecule has 2 heterocycles. The number of fused-ring (bicyclic) bond motifs is 2. The second-order valence-electron chi connectivity index (χ2n) is 11.2.